The standard InChI is InChI=1S/C13H19NO3/c1-9(2)14-8-11-4-6-12(7-5-11)17-10(3)13(15)16/h4-7,9-10,14H,8H2,1-3H3,(H,15,16). The Morgan fingerprint density at radius 1 is 1.29 bits per heavy atom. The van der Waals surface area contributed by atoms with Gasteiger partial charge in [0, 0.05) is 12.6 Å². The summed E-state index contributed by atoms with van der Waals surface area (Å²) in [5.41, 5.74) is 1.15. The number of rotatable bonds is 6. The van der Waals surface area contributed by atoms with Gasteiger partial charge in [-0.25, -0.2) is 4.79 Å². The topological polar surface area (TPSA) is 58.6 Å². The predicted octanol–water partition coefficient (Wildman–Crippen LogP) is 2.04. The lowest BCUT2D eigenvalue weighted by molar-refractivity contribution is -0.144. The number of carboxylic acids is 1. The number of ether oxygens (including phenoxy) is 1. The molecule has 0 aliphatic rings. The van der Waals surface area contributed by atoms with Crippen molar-refractivity contribution >= 4 is 5.97 Å². The molecular weight excluding hydrogens is 218 g/mol. The van der Waals surface area contributed by atoms with E-state index in [0.717, 1.165) is 12.1 Å². The lowest BCUT2D eigenvalue weighted by Crippen LogP contribution is -2.23. The third-order valence-electron chi connectivity index (χ3n) is 2.30. The van der Waals surface area contributed by atoms with Crippen molar-refractivity contribution in [1.29, 1.82) is 0 Å². The van der Waals surface area contributed by atoms with Gasteiger partial charge in [0.1, 0.15) is 5.75 Å². The summed E-state index contributed by atoms with van der Waals surface area (Å²) in [6.45, 7) is 6.49. The van der Waals surface area contributed by atoms with Crippen LogP contribution in [0.1, 0.15) is 26.3 Å². The molecule has 4 nitrogen and oxygen atoms in total. The molecule has 2 N–H and O–H groups in total. The van der Waals surface area contributed by atoms with E-state index in [0.29, 0.717) is 11.8 Å². The fourth-order valence-corrected chi connectivity index (χ4v) is 1.26. The Morgan fingerprint density at radius 3 is 2.35 bits per heavy atom. The Kier molecular flexibility index (Phi) is 4.97. The van der Waals surface area contributed by atoms with Gasteiger partial charge in [-0.15, -0.1) is 0 Å². The Morgan fingerprint density at radius 2 is 1.88 bits per heavy atom. The van der Waals surface area contributed by atoms with Crippen molar-refractivity contribution in [2.24, 2.45) is 0 Å². The lowest BCUT2D eigenvalue weighted by atomic mass is 10.2. The highest BCUT2D eigenvalue weighted by atomic mass is 16.5. The number of nitrogens with one attached hydrogen (secondary N) is 1. The summed E-state index contributed by atoms with van der Waals surface area (Å²) in [5.74, 6) is -0.385. The number of aliphatic carboxylic acids is 1. The molecular formula is C13H19NO3. The van der Waals surface area contributed by atoms with E-state index in [1.807, 2.05) is 12.1 Å². The molecule has 0 radical (unpaired) electrons. The predicted molar refractivity (Wildman–Crippen MR) is 66.1 cm³/mol. The molecule has 0 aliphatic heterocycles. The summed E-state index contributed by atoms with van der Waals surface area (Å²) >= 11 is 0. The number of hydrogen-bond acceptors (Lipinski definition) is 3. The van der Waals surface area contributed by atoms with Crippen LogP contribution in [0.2, 0.25) is 0 Å². The first kappa shape index (κ1) is 13.5. The average Bonchev–Trinajstić information content (AvgIpc) is 2.28. The van der Waals surface area contributed by atoms with Crippen LogP contribution in [0.3, 0.4) is 0 Å². The van der Waals surface area contributed by atoms with Gasteiger partial charge in [0.15, 0.2) is 6.10 Å². The van der Waals surface area contributed by atoms with Crippen LogP contribution in [0, 0.1) is 0 Å². The minimum Gasteiger partial charge on any atom is -0.479 e. The first-order chi connectivity index (χ1) is 7.99. The van der Waals surface area contributed by atoms with Gasteiger partial charge in [-0.05, 0) is 24.6 Å². The molecule has 4 heteroatoms. The number of hydrogen-bond donors (Lipinski definition) is 2. The Labute approximate surface area is 102 Å². The molecule has 0 bridgehead atoms. The van der Waals surface area contributed by atoms with E-state index in [1.54, 1.807) is 12.1 Å². The van der Waals surface area contributed by atoms with Crippen molar-refractivity contribution in [3.8, 4) is 5.75 Å². The van der Waals surface area contributed by atoms with Crippen LogP contribution in [0.25, 0.3) is 0 Å². The second-order valence-corrected chi connectivity index (χ2v) is 4.28. The van der Waals surface area contributed by atoms with Crippen molar-refractivity contribution in [2.75, 3.05) is 0 Å². The molecule has 0 fully saturated rings. The maximum absolute atomic E-state index is 10.6. The van der Waals surface area contributed by atoms with Crippen LogP contribution < -0.4 is 10.1 Å². The van der Waals surface area contributed by atoms with Gasteiger partial charge < -0.3 is 15.2 Å². The highest BCUT2D eigenvalue weighted by molar-refractivity contribution is 5.72. The van der Waals surface area contributed by atoms with Crippen molar-refractivity contribution < 1.29 is 14.6 Å². The molecule has 0 heterocycles. The van der Waals surface area contributed by atoms with Crippen LogP contribution in [0.4, 0.5) is 0 Å². The van der Waals surface area contributed by atoms with Gasteiger partial charge in [0.2, 0.25) is 0 Å². The third kappa shape index (κ3) is 4.87. The molecule has 0 spiro atoms. The summed E-state index contributed by atoms with van der Waals surface area (Å²) in [7, 11) is 0. The Balaban J connectivity index is 2.53. The number of carbonyl (C=O) groups is 1. The molecule has 1 unspecified atom stereocenters. The van der Waals surface area contributed by atoms with Crippen molar-refractivity contribution in [2.45, 2.75) is 39.5 Å². The maximum Gasteiger partial charge on any atom is 0.344 e. The largest absolute Gasteiger partial charge is 0.479 e. The first-order valence-corrected chi connectivity index (χ1v) is 5.71. The molecule has 94 valence electrons. The highest BCUT2D eigenvalue weighted by Gasteiger charge is 2.11. The van der Waals surface area contributed by atoms with Gasteiger partial charge in [-0.3, -0.25) is 0 Å². The molecule has 17 heavy (non-hydrogen) atoms. The van der Waals surface area contributed by atoms with Gasteiger partial charge in [0.05, 0.1) is 0 Å². The summed E-state index contributed by atoms with van der Waals surface area (Å²) in [5, 5.41) is 12.0. The van der Waals surface area contributed by atoms with E-state index < -0.39 is 12.1 Å². The smallest absolute Gasteiger partial charge is 0.344 e. The zero-order chi connectivity index (χ0) is 12.8. The van der Waals surface area contributed by atoms with Gasteiger partial charge >= 0.3 is 5.97 Å². The van der Waals surface area contributed by atoms with E-state index in [1.165, 1.54) is 6.92 Å². The van der Waals surface area contributed by atoms with Crippen molar-refractivity contribution in [3.05, 3.63) is 29.8 Å². The summed E-state index contributed by atoms with van der Waals surface area (Å²) < 4.78 is 5.24. The van der Waals surface area contributed by atoms with E-state index in [4.69, 9.17) is 9.84 Å². The Bertz CT molecular complexity index is 359. The van der Waals surface area contributed by atoms with Crippen LogP contribution in [-0.4, -0.2) is 23.2 Å². The molecule has 0 aromatic heterocycles. The van der Waals surface area contributed by atoms with Gasteiger partial charge in [-0.2, -0.15) is 0 Å². The molecule has 1 aromatic rings. The van der Waals surface area contributed by atoms with Gasteiger partial charge in [-0.1, -0.05) is 26.0 Å². The average molecular weight is 237 g/mol. The van der Waals surface area contributed by atoms with Crippen molar-refractivity contribution in [3.63, 3.8) is 0 Å². The third-order valence-corrected chi connectivity index (χ3v) is 2.30. The van der Waals surface area contributed by atoms with Crippen LogP contribution in [0.15, 0.2) is 24.3 Å². The fourth-order valence-electron chi connectivity index (χ4n) is 1.26. The quantitative estimate of drug-likeness (QED) is 0.795. The number of benzene rings is 1. The zero-order valence-electron chi connectivity index (χ0n) is 10.4. The van der Waals surface area contributed by atoms with Crippen molar-refractivity contribution in [1.82, 2.24) is 5.32 Å². The van der Waals surface area contributed by atoms with E-state index in [-0.39, 0.29) is 0 Å². The molecule has 0 saturated carbocycles. The highest BCUT2D eigenvalue weighted by Crippen LogP contribution is 2.14. The minimum absolute atomic E-state index is 0.443. The fraction of sp³-hybridized carbons (Fsp3) is 0.462. The summed E-state index contributed by atoms with van der Waals surface area (Å²) in [6.07, 6.45) is -0.824. The maximum atomic E-state index is 10.6. The second-order valence-electron chi connectivity index (χ2n) is 4.28. The van der Waals surface area contributed by atoms with Crippen LogP contribution >= 0.6 is 0 Å². The second kappa shape index (κ2) is 6.25. The lowest BCUT2D eigenvalue weighted by Gasteiger charge is -2.11. The molecule has 1 aromatic carbocycles. The Hall–Kier alpha value is -1.55. The minimum atomic E-state index is -0.962. The summed E-state index contributed by atoms with van der Waals surface area (Å²) in [4.78, 5) is 10.6. The molecule has 1 atom stereocenters. The normalized spacial score (nSPS) is 12.5. The van der Waals surface area contributed by atoms with E-state index in [9.17, 15) is 4.79 Å². The molecule has 1 rings (SSSR count). The van der Waals surface area contributed by atoms with E-state index >= 15 is 0 Å². The monoisotopic (exact) mass is 237 g/mol. The molecule has 0 saturated heterocycles. The van der Waals surface area contributed by atoms with Crippen LogP contribution in [0.5, 0.6) is 5.75 Å². The van der Waals surface area contributed by atoms with E-state index in [2.05, 4.69) is 19.2 Å². The molecule has 0 aliphatic carbocycles. The zero-order valence-corrected chi connectivity index (χ0v) is 10.4. The number of carboxylic acid groups (broad SMARTS) is 1. The molecule has 0 amide bonds. The van der Waals surface area contributed by atoms with Crippen LogP contribution in [-0.2, 0) is 11.3 Å². The summed E-state index contributed by atoms with van der Waals surface area (Å²) in [6, 6.07) is 7.88. The van der Waals surface area contributed by atoms with Gasteiger partial charge in [0.25, 0.3) is 0 Å². The first-order valence-electron chi connectivity index (χ1n) is 5.71. The SMILES string of the molecule is CC(C)NCc1ccc(OC(C)C(=O)O)cc1.